The van der Waals surface area contributed by atoms with Gasteiger partial charge >= 0.3 is 0 Å². The van der Waals surface area contributed by atoms with Gasteiger partial charge in [0.15, 0.2) is 0 Å². The lowest BCUT2D eigenvalue weighted by atomic mass is 10.0. The van der Waals surface area contributed by atoms with Crippen molar-refractivity contribution in [3.8, 4) is 0 Å². The summed E-state index contributed by atoms with van der Waals surface area (Å²) in [7, 11) is 0. The minimum Gasteiger partial charge on any atom is -0.398 e. The summed E-state index contributed by atoms with van der Waals surface area (Å²) in [4.78, 5) is 10.0. The summed E-state index contributed by atoms with van der Waals surface area (Å²) in [5.74, 6) is 0. The quantitative estimate of drug-likeness (QED) is 0.258. The van der Waals surface area contributed by atoms with Crippen LogP contribution < -0.4 is 11.1 Å². The Balaban J connectivity index is 3.06. The Labute approximate surface area is 103 Å². The SMILES string of the molecule is Nc1cc(NC(CO)(CO)CO)cc([N+](=O)[O-])c1. The van der Waals surface area contributed by atoms with Crippen molar-refractivity contribution in [1.82, 2.24) is 0 Å². The van der Waals surface area contributed by atoms with Gasteiger partial charge in [0.05, 0.1) is 24.7 Å². The van der Waals surface area contributed by atoms with Crippen molar-refractivity contribution >= 4 is 17.1 Å². The number of rotatable bonds is 6. The van der Waals surface area contributed by atoms with Crippen LogP contribution in [-0.2, 0) is 0 Å². The summed E-state index contributed by atoms with van der Waals surface area (Å²) in [6, 6.07) is 3.79. The average Bonchev–Trinajstić information content (AvgIpc) is 2.35. The van der Waals surface area contributed by atoms with Crippen molar-refractivity contribution in [2.45, 2.75) is 5.54 Å². The lowest BCUT2D eigenvalue weighted by Crippen LogP contribution is -2.49. The summed E-state index contributed by atoms with van der Waals surface area (Å²) in [6.45, 7) is -1.62. The first-order valence-electron chi connectivity index (χ1n) is 5.12. The van der Waals surface area contributed by atoms with Crippen LogP contribution >= 0.6 is 0 Å². The molecule has 0 aromatic heterocycles. The van der Waals surface area contributed by atoms with Crippen LogP contribution in [0.1, 0.15) is 0 Å². The van der Waals surface area contributed by atoms with E-state index in [0.717, 1.165) is 0 Å². The maximum atomic E-state index is 10.7. The molecule has 0 spiro atoms. The van der Waals surface area contributed by atoms with Crippen LogP contribution in [0, 0.1) is 10.1 Å². The molecule has 0 aliphatic rings. The molecule has 100 valence electrons. The van der Waals surface area contributed by atoms with Gasteiger partial charge in [-0.3, -0.25) is 10.1 Å². The molecule has 0 amide bonds. The van der Waals surface area contributed by atoms with Gasteiger partial charge in [-0.15, -0.1) is 0 Å². The third-order valence-electron chi connectivity index (χ3n) is 2.47. The van der Waals surface area contributed by atoms with Crippen molar-refractivity contribution in [3.05, 3.63) is 28.3 Å². The minimum atomic E-state index is -1.36. The molecule has 0 fully saturated rings. The van der Waals surface area contributed by atoms with Crippen LogP contribution in [0.4, 0.5) is 17.1 Å². The number of nitrogen functional groups attached to an aromatic ring is 1. The molecule has 8 heteroatoms. The van der Waals surface area contributed by atoms with Gasteiger partial charge < -0.3 is 26.4 Å². The van der Waals surface area contributed by atoms with Crippen LogP contribution in [0.2, 0.25) is 0 Å². The second kappa shape index (κ2) is 5.63. The topological polar surface area (TPSA) is 142 Å². The van der Waals surface area contributed by atoms with Crippen molar-refractivity contribution in [2.24, 2.45) is 0 Å². The highest BCUT2D eigenvalue weighted by atomic mass is 16.6. The highest BCUT2D eigenvalue weighted by Gasteiger charge is 2.28. The molecular weight excluding hydrogens is 242 g/mol. The molecule has 0 atom stereocenters. The molecular formula is C10H15N3O5. The zero-order valence-corrected chi connectivity index (χ0v) is 9.54. The van der Waals surface area contributed by atoms with Crippen LogP contribution in [-0.4, -0.2) is 45.6 Å². The van der Waals surface area contributed by atoms with E-state index in [9.17, 15) is 10.1 Å². The van der Waals surface area contributed by atoms with Gasteiger partial charge in [-0.1, -0.05) is 0 Å². The molecule has 0 saturated carbocycles. The predicted octanol–water partition coefficient (Wildman–Crippen LogP) is -0.695. The van der Waals surface area contributed by atoms with Crippen molar-refractivity contribution in [3.63, 3.8) is 0 Å². The monoisotopic (exact) mass is 257 g/mol. The first-order chi connectivity index (χ1) is 8.46. The van der Waals surface area contributed by atoms with Crippen LogP contribution in [0.15, 0.2) is 18.2 Å². The summed E-state index contributed by atoms with van der Waals surface area (Å²) < 4.78 is 0. The summed E-state index contributed by atoms with van der Waals surface area (Å²) in [5.41, 5.74) is 4.32. The number of nitrogens with one attached hydrogen (secondary N) is 1. The number of non-ortho nitro benzene ring substituents is 1. The molecule has 0 aliphatic heterocycles. The first-order valence-corrected chi connectivity index (χ1v) is 5.12. The Hall–Kier alpha value is -1.90. The fraction of sp³-hybridized carbons (Fsp3) is 0.400. The van der Waals surface area contributed by atoms with Crippen LogP contribution in [0.25, 0.3) is 0 Å². The van der Waals surface area contributed by atoms with E-state index in [1.807, 2.05) is 0 Å². The van der Waals surface area contributed by atoms with Gasteiger partial charge in [0.1, 0.15) is 5.54 Å². The Morgan fingerprint density at radius 3 is 2.22 bits per heavy atom. The van der Waals surface area contributed by atoms with Gasteiger partial charge in [0, 0.05) is 23.5 Å². The maximum absolute atomic E-state index is 10.7. The van der Waals surface area contributed by atoms with Crippen molar-refractivity contribution < 1.29 is 20.2 Å². The maximum Gasteiger partial charge on any atom is 0.273 e. The predicted molar refractivity (Wildman–Crippen MR) is 65.1 cm³/mol. The number of benzene rings is 1. The van der Waals surface area contributed by atoms with Crippen molar-refractivity contribution in [1.29, 1.82) is 0 Å². The summed E-state index contributed by atoms with van der Waals surface area (Å²) in [6.07, 6.45) is 0. The molecule has 0 aliphatic carbocycles. The number of nitro groups is 1. The van der Waals surface area contributed by atoms with Gasteiger partial charge in [0.2, 0.25) is 0 Å². The van der Waals surface area contributed by atoms with E-state index in [4.69, 9.17) is 21.1 Å². The molecule has 1 aromatic rings. The van der Waals surface area contributed by atoms with Crippen molar-refractivity contribution in [2.75, 3.05) is 30.9 Å². The van der Waals surface area contributed by atoms with Crippen LogP contribution in [0.3, 0.4) is 0 Å². The van der Waals surface area contributed by atoms with Gasteiger partial charge in [-0.2, -0.15) is 0 Å². The van der Waals surface area contributed by atoms with E-state index >= 15 is 0 Å². The van der Waals surface area contributed by atoms with Gasteiger partial charge in [0.25, 0.3) is 5.69 Å². The molecule has 0 bridgehead atoms. The zero-order chi connectivity index (χ0) is 13.8. The summed E-state index contributed by atoms with van der Waals surface area (Å²) >= 11 is 0. The second-order valence-corrected chi connectivity index (χ2v) is 3.95. The fourth-order valence-electron chi connectivity index (χ4n) is 1.39. The number of nitrogens with zero attached hydrogens (tertiary/aromatic N) is 1. The van der Waals surface area contributed by atoms with E-state index < -0.39 is 30.3 Å². The molecule has 6 N–H and O–H groups in total. The van der Waals surface area contributed by atoms with E-state index in [-0.39, 0.29) is 17.1 Å². The Kier molecular flexibility index (Phi) is 4.43. The highest BCUT2D eigenvalue weighted by molar-refractivity contribution is 5.62. The fourth-order valence-corrected chi connectivity index (χ4v) is 1.39. The highest BCUT2D eigenvalue weighted by Crippen LogP contribution is 2.24. The first kappa shape index (κ1) is 14.2. The Morgan fingerprint density at radius 2 is 1.78 bits per heavy atom. The minimum absolute atomic E-state index is 0.161. The molecule has 1 aromatic carbocycles. The number of anilines is 2. The van der Waals surface area contributed by atoms with E-state index in [0.29, 0.717) is 0 Å². The number of hydrogen-bond donors (Lipinski definition) is 5. The molecule has 0 radical (unpaired) electrons. The molecule has 0 unspecified atom stereocenters. The Morgan fingerprint density at radius 1 is 1.22 bits per heavy atom. The average molecular weight is 257 g/mol. The number of nitrogens with two attached hydrogens (primary N) is 1. The smallest absolute Gasteiger partial charge is 0.273 e. The standard InChI is InChI=1S/C10H15N3O5/c11-7-1-8(3-9(2-7)13(17)18)12-10(4-14,5-15)6-16/h1-3,12,14-16H,4-6,11H2. The number of aliphatic hydroxyl groups is 3. The molecule has 8 nitrogen and oxygen atoms in total. The molecule has 18 heavy (non-hydrogen) atoms. The van der Waals surface area contributed by atoms with Gasteiger partial charge in [-0.25, -0.2) is 0 Å². The second-order valence-electron chi connectivity index (χ2n) is 3.95. The molecule has 0 heterocycles. The number of nitro benzene ring substituents is 1. The summed E-state index contributed by atoms with van der Waals surface area (Å²) in [5, 5.41) is 40.7. The normalized spacial score (nSPS) is 11.3. The van der Waals surface area contributed by atoms with Gasteiger partial charge in [-0.05, 0) is 6.07 Å². The van der Waals surface area contributed by atoms with E-state index in [1.54, 1.807) is 0 Å². The van der Waals surface area contributed by atoms with E-state index in [1.165, 1.54) is 18.2 Å². The lowest BCUT2D eigenvalue weighted by Gasteiger charge is -2.29. The van der Waals surface area contributed by atoms with E-state index in [2.05, 4.69) is 5.32 Å². The zero-order valence-electron chi connectivity index (χ0n) is 9.54. The molecule has 1 rings (SSSR count). The van der Waals surface area contributed by atoms with Crippen LogP contribution in [0.5, 0.6) is 0 Å². The number of aliphatic hydroxyl groups excluding tert-OH is 3. The third-order valence-corrected chi connectivity index (χ3v) is 2.47. The lowest BCUT2D eigenvalue weighted by molar-refractivity contribution is -0.384. The number of hydrogen-bond acceptors (Lipinski definition) is 7. The largest absolute Gasteiger partial charge is 0.398 e. The molecule has 0 saturated heterocycles. The third kappa shape index (κ3) is 3.06. The Bertz CT molecular complexity index is 425.